The van der Waals surface area contributed by atoms with E-state index in [4.69, 9.17) is 0 Å². The predicted molar refractivity (Wildman–Crippen MR) is 128 cm³/mol. The van der Waals surface area contributed by atoms with Crippen molar-refractivity contribution in [3.8, 4) is 0 Å². The highest BCUT2D eigenvalue weighted by Crippen LogP contribution is 2.33. The van der Waals surface area contributed by atoms with E-state index in [-0.39, 0.29) is 22.7 Å². The number of hydrogen-bond donors (Lipinski definition) is 1. The lowest BCUT2D eigenvalue weighted by Gasteiger charge is -2.13. The lowest BCUT2D eigenvalue weighted by molar-refractivity contribution is 0.0948. The van der Waals surface area contributed by atoms with Gasteiger partial charge in [0.2, 0.25) is 0 Å². The fourth-order valence-electron chi connectivity index (χ4n) is 3.95. The van der Waals surface area contributed by atoms with Crippen LogP contribution in [0.1, 0.15) is 39.3 Å². The van der Waals surface area contributed by atoms with Crippen LogP contribution in [-0.2, 0) is 22.9 Å². The van der Waals surface area contributed by atoms with E-state index in [2.05, 4.69) is 22.5 Å². The average Bonchev–Trinajstić information content (AvgIpc) is 3.24. The molecule has 1 aromatic heterocycles. The molecule has 1 aliphatic heterocycles. The molecule has 168 valence electrons. The molecule has 32 heavy (non-hydrogen) atoms. The van der Waals surface area contributed by atoms with Crippen molar-refractivity contribution in [1.82, 2.24) is 15.1 Å². The first-order chi connectivity index (χ1) is 15.3. The largest absolute Gasteiger partial charge is 0.348 e. The van der Waals surface area contributed by atoms with Crippen LogP contribution in [0, 0.1) is 13.8 Å². The number of carbonyl (C=O) groups is 1. The number of hydrogen-bond acceptors (Lipinski definition) is 5. The maximum absolute atomic E-state index is 13.0. The molecule has 1 atom stereocenters. The summed E-state index contributed by atoms with van der Waals surface area (Å²) in [6.07, 6.45) is 0.627. The molecule has 0 aliphatic carbocycles. The number of aryl methyl sites for hydroxylation is 1. The van der Waals surface area contributed by atoms with E-state index < -0.39 is 9.84 Å². The van der Waals surface area contributed by atoms with Gasteiger partial charge in [-0.3, -0.25) is 9.48 Å². The number of thioether (sulfide) groups is 1. The second-order valence-corrected chi connectivity index (χ2v) is 11.7. The summed E-state index contributed by atoms with van der Waals surface area (Å²) in [4.78, 5) is 13.8. The number of rotatable bonds is 7. The van der Waals surface area contributed by atoms with E-state index in [1.54, 1.807) is 6.07 Å². The Hall–Kier alpha value is -2.58. The average molecular weight is 470 g/mol. The maximum atomic E-state index is 13.0. The second kappa shape index (κ2) is 9.50. The van der Waals surface area contributed by atoms with E-state index in [0.717, 1.165) is 21.8 Å². The highest BCUT2D eigenvalue weighted by atomic mass is 32.2. The quantitative estimate of drug-likeness (QED) is 0.570. The van der Waals surface area contributed by atoms with Gasteiger partial charge < -0.3 is 5.32 Å². The van der Waals surface area contributed by atoms with Crippen LogP contribution in [0.2, 0.25) is 0 Å². The van der Waals surface area contributed by atoms with Gasteiger partial charge >= 0.3 is 0 Å². The second-order valence-electron chi connectivity index (χ2n) is 8.11. The van der Waals surface area contributed by atoms with E-state index >= 15 is 0 Å². The fraction of sp³-hybridized carbons (Fsp3) is 0.333. The Kier molecular flexibility index (Phi) is 6.71. The van der Waals surface area contributed by atoms with Crippen molar-refractivity contribution in [2.45, 2.75) is 43.5 Å². The third-order valence-electron chi connectivity index (χ3n) is 5.75. The molecule has 1 saturated heterocycles. The van der Waals surface area contributed by atoms with Gasteiger partial charge in [0, 0.05) is 27.9 Å². The Labute approximate surface area is 193 Å². The van der Waals surface area contributed by atoms with Crippen LogP contribution in [0.3, 0.4) is 0 Å². The van der Waals surface area contributed by atoms with Crippen molar-refractivity contribution in [1.29, 1.82) is 0 Å². The van der Waals surface area contributed by atoms with Gasteiger partial charge in [-0.15, -0.1) is 11.8 Å². The topological polar surface area (TPSA) is 81.1 Å². The zero-order chi connectivity index (χ0) is 22.7. The number of amides is 1. The maximum Gasteiger partial charge on any atom is 0.252 e. The summed E-state index contributed by atoms with van der Waals surface area (Å²) >= 11 is 1.49. The van der Waals surface area contributed by atoms with Gasteiger partial charge in [0.15, 0.2) is 9.84 Å². The van der Waals surface area contributed by atoms with Crippen LogP contribution < -0.4 is 5.32 Å². The predicted octanol–water partition coefficient (Wildman–Crippen LogP) is 3.76. The van der Waals surface area contributed by atoms with Crippen molar-refractivity contribution in [2.75, 3.05) is 11.5 Å². The molecule has 0 spiro atoms. The van der Waals surface area contributed by atoms with Crippen molar-refractivity contribution in [3.63, 3.8) is 0 Å². The van der Waals surface area contributed by atoms with Gasteiger partial charge in [0.1, 0.15) is 0 Å². The Bertz CT molecular complexity index is 1220. The molecular formula is C24H27N3O3S2. The molecule has 0 saturated carbocycles. The summed E-state index contributed by atoms with van der Waals surface area (Å²) in [7, 11) is -2.96. The van der Waals surface area contributed by atoms with Crippen LogP contribution in [0.15, 0.2) is 59.5 Å². The number of aromatic nitrogens is 2. The fourth-order valence-corrected chi connectivity index (χ4v) is 7.58. The molecule has 4 rings (SSSR count). The first kappa shape index (κ1) is 22.6. The van der Waals surface area contributed by atoms with Gasteiger partial charge in [0.25, 0.3) is 5.91 Å². The third kappa shape index (κ3) is 5.24. The van der Waals surface area contributed by atoms with E-state index in [9.17, 15) is 13.2 Å². The molecule has 0 bridgehead atoms. The van der Waals surface area contributed by atoms with Crippen LogP contribution in [-0.4, -0.2) is 40.9 Å². The SMILES string of the molecule is Cc1nn(Cc2ccccc2)c(C)c1CNC(=O)c1ccccc1S[C@H]1CCS(=O)(=O)C1. The summed E-state index contributed by atoms with van der Waals surface area (Å²) in [5, 5.41) is 7.69. The number of sulfone groups is 1. The Balaban J connectivity index is 1.44. The zero-order valence-corrected chi connectivity index (χ0v) is 19.9. The first-order valence-electron chi connectivity index (χ1n) is 10.6. The molecule has 1 aliphatic rings. The molecule has 8 heteroatoms. The molecule has 3 aromatic rings. The lowest BCUT2D eigenvalue weighted by atomic mass is 10.1. The summed E-state index contributed by atoms with van der Waals surface area (Å²) in [6.45, 7) is 5.06. The highest BCUT2D eigenvalue weighted by Gasteiger charge is 2.29. The van der Waals surface area contributed by atoms with Crippen molar-refractivity contribution in [2.24, 2.45) is 0 Å². The van der Waals surface area contributed by atoms with Crippen molar-refractivity contribution in [3.05, 3.63) is 82.7 Å². The van der Waals surface area contributed by atoms with E-state index in [1.807, 2.05) is 54.9 Å². The summed E-state index contributed by atoms with van der Waals surface area (Å²) < 4.78 is 25.5. The third-order valence-corrected chi connectivity index (χ3v) is 9.07. The van der Waals surface area contributed by atoms with Crippen molar-refractivity contribution >= 4 is 27.5 Å². The summed E-state index contributed by atoms with van der Waals surface area (Å²) in [6, 6.07) is 17.6. The minimum atomic E-state index is -2.96. The molecule has 2 heterocycles. The molecule has 1 N–H and O–H groups in total. The molecule has 6 nitrogen and oxygen atoms in total. The van der Waals surface area contributed by atoms with Crippen LogP contribution in [0.5, 0.6) is 0 Å². The van der Waals surface area contributed by atoms with Gasteiger partial charge in [-0.25, -0.2) is 8.42 Å². The number of benzene rings is 2. The van der Waals surface area contributed by atoms with Gasteiger partial charge in [0.05, 0.1) is 29.3 Å². The standard InChI is InChI=1S/C24H27N3O3S2/c1-17-22(18(2)27(26-17)15-19-8-4-3-5-9-19)14-25-24(28)21-10-6-7-11-23(21)31-20-12-13-32(29,30)16-20/h3-11,20H,12-16H2,1-2H3,(H,25,28)/t20-/m0/s1. The van der Waals surface area contributed by atoms with Crippen LogP contribution in [0.25, 0.3) is 0 Å². The molecule has 1 fully saturated rings. The normalized spacial score (nSPS) is 17.4. The molecule has 1 amide bonds. The molecule has 0 radical (unpaired) electrons. The van der Waals surface area contributed by atoms with Gasteiger partial charge in [-0.1, -0.05) is 42.5 Å². The number of carbonyl (C=O) groups excluding carboxylic acids is 1. The Morgan fingerprint density at radius 2 is 1.84 bits per heavy atom. The number of nitrogens with one attached hydrogen (secondary N) is 1. The van der Waals surface area contributed by atoms with E-state index in [0.29, 0.717) is 25.1 Å². The Morgan fingerprint density at radius 3 is 2.56 bits per heavy atom. The number of nitrogens with zero attached hydrogens (tertiary/aromatic N) is 2. The zero-order valence-electron chi connectivity index (χ0n) is 18.2. The monoisotopic (exact) mass is 469 g/mol. The van der Waals surface area contributed by atoms with Gasteiger partial charge in [-0.05, 0) is 38.0 Å². The lowest BCUT2D eigenvalue weighted by Crippen LogP contribution is -2.24. The minimum absolute atomic E-state index is 0.00495. The highest BCUT2D eigenvalue weighted by molar-refractivity contribution is 8.02. The minimum Gasteiger partial charge on any atom is -0.348 e. The Morgan fingerprint density at radius 1 is 1.12 bits per heavy atom. The molecule has 2 aromatic carbocycles. The van der Waals surface area contributed by atoms with Crippen LogP contribution in [0.4, 0.5) is 0 Å². The molecule has 0 unspecified atom stereocenters. The molecular weight excluding hydrogens is 442 g/mol. The van der Waals surface area contributed by atoms with E-state index in [1.165, 1.54) is 17.3 Å². The van der Waals surface area contributed by atoms with Crippen LogP contribution >= 0.6 is 11.8 Å². The summed E-state index contributed by atoms with van der Waals surface area (Å²) in [5.41, 5.74) is 4.70. The van der Waals surface area contributed by atoms with Crippen molar-refractivity contribution < 1.29 is 13.2 Å². The smallest absolute Gasteiger partial charge is 0.252 e. The first-order valence-corrected chi connectivity index (χ1v) is 13.3. The van der Waals surface area contributed by atoms with Gasteiger partial charge in [-0.2, -0.15) is 5.10 Å². The summed E-state index contributed by atoms with van der Waals surface area (Å²) in [5.74, 6) is 0.237.